The van der Waals surface area contributed by atoms with Gasteiger partial charge in [0.1, 0.15) is 11.6 Å². The molecule has 14 heteroatoms. The van der Waals surface area contributed by atoms with Crippen molar-refractivity contribution >= 4 is 52.4 Å². The first-order chi connectivity index (χ1) is 17.2. The van der Waals surface area contributed by atoms with Crippen molar-refractivity contribution in [3.63, 3.8) is 0 Å². The second kappa shape index (κ2) is 16.0. The van der Waals surface area contributed by atoms with Crippen molar-refractivity contribution in [2.45, 2.75) is 78.8 Å². The summed E-state index contributed by atoms with van der Waals surface area (Å²) >= 11 is 21.7. The fourth-order valence-electron chi connectivity index (χ4n) is 3.58. The van der Waals surface area contributed by atoms with Crippen LogP contribution >= 0.6 is 46.4 Å². The Bertz CT molecular complexity index is 1100. The van der Waals surface area contributed by atoms with Crippen molar-refractivity contribution < 1.29 is 42.7 Å². The summed E-state index contributed by atoms with van der Waals surface area (Å²) in [5.41, 5.74) is 1.94. The topological polar surface area (TPSA) is 155 Å². The van der Waals surface area contributed by atoms with Gasteiger partial charge in [-0.2, -0.15) is 0 Å². The van der Waals surface area contributed by atoms with Crippen LogP contribution in [0.5, 0.6) is 11.5 Å². The summed E-state index contributed by atoms with van der Waals surface area (Å²) in [6, 6.07) is 0. The number of hydrogen-bond acceptors (Lipinski definition) is 6. The molecule has 0 atom stereocenters. The van der Waals surface area contributed by atoms with Gasteiger partial charge in [-0.25, -0.2) is 9.97 Å². The van der Waals surface area contributed by atoms with Gasteiger partial charge in [0.05, 0.1) is 37.4 Å². The molecule has 0 unspecified atom stereocenters. The van der Waals surface area contributed by atoms with Gasteiger partial charge in [-0.1, -0.05) is 85.6 Å². The molecule has 0 saturated carbocycles. The van der Waals surface area contributed by atoms with E-state index in [-0.39, 0.29) is 50.8 Å². The number of nitrogens with zero attached hydrogens (tertiary/aromatic N) is 4. The maximum absolute atomic E-state index is 11.5. The summed E-state index contributed by atoms with van der Waals surface area (Å²) in [5.74, 6) is -1.29. The number of halogens is 4. The molecule has 0 aliphatic carbocycles. The van der Waals surface area contributed by atoms with E-state index in [1.807, 2.05) is 35.4 Å². The number of aromatic nitrogens is 4. The van der Waals surface area contributed by atoms with Gasteiger partial charge in [0.2, 0.25) is 0 Å². The smallest absolute Gasteiger partial charge is 0.872 e. The maximum atomic E-state index is 11.5. The van der Waals surface area contributed by atoms with E-state index in [0.29, 0.717) is 0 Å². The standard InChI is InChI=1S/C19H30N4O2.C6H2Cl4O2.Fe.H2O/c1-7-22-10-15(12(3)4)20-18(22)14(9-17(24)25)19-21-16(13(5)6)11-23(19)8-2;7-1-2(8)4(10)6(12)5(11)3(1)9;;/h10-14H,7-9H2,1-6H3,(H,24,25);11-12H;;1H2/q;;+3;/p-2. The van der Waals surface area contributed by atoms with Crippen molar-refractivity contribution in [2.24, 2.45) is 0 Å². The largest absolute Gasteiger partial charge is 3.00 e. The van der Waals surface area contributed by atoms with Crippen molar-refractivity contribution in [3.05, 3.63) is 55.5 Å². The molecule has 0 amide bonds. The number of carbonyl (C=O) groups excluding carboxylic acids is 1. The van der Waals surface area contributed by atoms with E-state index in [9.17, 15) is 20.1 Å². The molecule has 3 aromatic rings. The summed E-state index contributed by atoms with van der Waals surface area (Å²) in [6.07, 6.45) is 3.92. The Balaban J connectivity index is 0.000000875. The maximum Gasteiger partial charge on any atom is 3.00 e. The Morgan fingerprint density at radius 2 is 1.13 bits per heavy atom. The molecule has 2 aromatic heterocycles. The van der Waals surface area contributed by atoms with Gasteiger partial charge in [0.15, 0.2) is 0 Å². The molecule has 0 fully saturated rings. The number of carbonyl (C=O) groups is 1. The number of rotatable bonds is 8. The first kappa shape index (κ1) is 37.3. The number of benzene rings is 1. The minimum absolute atomic E-state index is 0. The van der Waals surface area contributed by atoms with Gasteiger partial charge in [-0.05, 0) is 25.7 Å². The molecule has 0 saturated heterocycles. The van der Waals surface area contributed by atoms with Gasteiger partial charge in [0, 0.05) is 37.9 Å². The Morgan fingerprint density at radius 3 is 1.38 bits per heavy atom. The fourth-order valence-corrected chi connectivity index (χ4v) is 4.40. The van der Waals surface area contributed by atoms with Crippen LogP contribution in [0.4, 0.5) is 0 Å². The molecule has 0 aliphatic rings. The van der Waals surface area contributed by atoms with E-state index in [4.69, 9.17) is 56.4 Å². The third-order valence-electron chi connectivity index (χ3n) is 5.69. The monoisotopic (exact) mass is 664 g/mol. The summed E-state index contributed by atoms with van der Waals surface area (Å²) in [6.45, 7) is 13.9. The number of imidazole rings is 2. The minimum atomic E-state index is -1.08. The van der Waals surface area contributed by atoms with Gasteiger partial charge in [-0.3, -0.25) is 0 Å². The second-order valence-corrected chi connectivity index (χ2v) is 10.5. The van der Waals surface area contributed by atoms with Gasteiger partial charge in [-0.15, -0.1) is 0 Å². The average Bonchev–Trinajstić information content (AvgIpc) is 3.49. The van der Waals surface area contributed by atoms with Crippen LogP contribution in [-0.4, -0.2) is 25.1 Å². The Morgan fingerprint density at radius 1 is 0.795 bits per heavy atom. The third kappa shape index (κ3) is 8.67. The number of carboxylic acid groups (broad SMARTS) is 1. The molecule has 0 spiro atoms. The SMILES string of the molecule is CCn1cc(C(C)C)nc1C(CC(=O)[O-])c1nc(C(C)C)cn1CC.[Fe+3].[O-]c1c([O-])c(Cl)c(Cl)c(Cl)c1Cl.[OH3+]. The molecule has 1 aromatic carbocycles. The summed E-state index contributed by atoms with van der Waals surface area (Å²) in [5, 5.41) is 32.1. The van der Waals surface area contributed by atoms with Crippen molar-refractivity contribution in [2.75, 3.05) is 0 Å². The number of carboxylic acids is 1. The summed E-state index contributed by atoms with van der Waals surface area (Å²) in [4.78, 5) is 21.0. The fraction of sp³-hybridized carbons (Fsp3) is 0.480. The molecular formula is C25H32Cl4FeN4O5+. The molecule has 1 radical (unpaired) electrons. The molecule has 0 bridgehead atoms. The summed E-state index contributed by atoms with van der Waals surface area (Å²) in [7, 11) is 0. The van der Waals surface area contributed by atoms with Gasteiger partial charge >= 0.3 is 17.1 Å². The van der Waals surface area contributed by atoms with E-state index < -0.39 is 33.4 Å². The zero-order valence-electron chi connectivity index (χ0n) is 22.4. The van der Waals surface area contributed by atoms with Crippen molar-refractivity contribution in [1.29, 1.82) is 0 Å². The quantitative estimate of drug-likeness (QED) is 0.152. The first-order valence-corrected chi connectivity index (χ1v) is 13.3. The van der Waals surface area contributed by atoms with Crippen LogP contribution in [0.3, 0.4) is 0 Å². The van der Waals surface area contributed by atoms with Gasteiger partial charge < -0.3 is 34.7 Å². The number of aryl methyl sites for hydroxylation is 2. The normalized spacial score (nSPS) is 10.8. The molecule has 9 nitrogen and oxygen atoms in total. The Kier molecular flexibility index (Phi) is 15.3. The van der Waals surface area contributed by atoms with E-state index in [1.165, 1.54) is 0 Å². The van der Waals surface area contributed by atoms with Crippen LogP contribution in [0.2, 0.25) is 20.1 Å². The Labute approximate surface area is 258 Å². The minimum Gasteiger partial charge on any atom is -0.872 e. The van der Waals surface area contributed by atoms with Crippen LogP contribution < -0.4 is 15.3 Å². The molecule has 3 N–H and O–H groups in total. The van der Waals surface area contributed by atoms with E-state index >= 15 is 0 Å². The molecule has 39 heavy (non-hydrogen) atoms. The van der Waals surface area contributed by atoms with E-state index in [2.05, 4.69) is 27.7 Å². The van der Waals surface area contributed by atoms with Crippen LogP contribution in [0.25, 0.3) is 0 Å². The van der Waals surface area contributed by atoms with E-state index in [0.717, 1.165) is 36.1 Å². The zero-order chi connectivity index (χ0) is 28.2. The second-order valence-electron chi connectivity index (χ2n) is 8.97. The number of aliphatic carboxylic acids is 1. The molecule has 0 aliphatic heterocycles. The van der Waals surface area contributed by atoms with Crippen LogP contribution in [0.15, 0.2) is 12.4 Å². The molecule has 3 rings (SSSR count). The van der Waals surface area contributed by atoms with Crippen LogP contribution in [0, 0.1) is 0 Å². The summed E-state index contributed by atoms with van der Waals surface area (Å²) < 4.78 is 4.07. The predicted molar refractivity (Wildman–Crippen MR) is 146 cm³/mol. The van der Waals surface area contributed by atoms with Crippen LogP contribution in [-0.2, 0) is 40.4 Å². The predicted octanol–water partition coefficient (Wildman–Crippen LogP) is 4.16. The third-order valence-corrected chi connectivity index (χ3v) is 7.46. The Hall–Kier alpha value is -1.65. The average molecular weight is 666 g/mol. The van der Waals surface area contributed by atoms with E-state index in [1.54, 1.807) is 0 Å². The zero-order valence-corrected chi connectivity index (χ0v) is 26.5. The van der Waals surface area contributed by atoms with Crippen molar-refractivity contribution in [3.8, 4) is 11.5 Å². The van der Waals surface area contributed by atoms with Gasteiger partial charge in [0.25, 0.3) is 0 Å². The van der Waals surface area contributed by atoms with Crippen LogP contribution in [0.1, 0.15) is 88.8 Å². The number of hydrogen-bond donors (Lipinski definition) is 0. The molecule has 2 heterocycles. The first-order valence-electron chi connectivity index (χ1n) is 11.8. The van der Waals surface area contributed by atoms with Crippen molar-refractivity contribution in [1.82, 2.24) is 19.1 Å². The molecule has 217 valence electrons. The molecular weight excluding hydrogens is 634 g/mol.